The maximum absolute atomic E-state index is 13.0. The highest BCUT2D eigenvalue weighted by atomic mass is 16.1. The molecule has 0 bridgehead atoms. The Morgan fingerprint density at radius 1 is 1.20 bits per heavy atom. The lowest BCUT2D eigenvalue weighted by molar-refractivity contribution is -0.113. The number of allylic oxidation sites excluding steroid dienone is 1. The first-order valence-corrected chi connectivity index (χ1v) is 7.61. The largest absolute Gasteiger partial charge is 0.326 e. The van der Waals surface area contributed by atoms with Crippen molar-refractivity contribution in [1.82, 2.24) is 30.2 Å². The van der Waals surface area contributed by atoms with Crippen LogP contribution in [0.3, 0.4) is 0 Å². The molecule has 0 unspecified atom stereocenters. The summed E-state index contributed by atoms with van der Waals surface area (Å²) < 4.78 is 1.58. The fraction of sp³-hybridized carbons (Fsp3) is 0.125. The van der Waals surface area contributed by atoms with Crippen molar-refractivity contribution < 1.29 is 4.79 Å². The van der Waals surface area contributed by atoms with Crippen LogP contribution < -0.4 is 10.6 Å². The van der Waals surface area contributed by atoms with E-state index in [4.69, 9.17) is 0 Å². The minimum atomic E-state index is -0.453. The number of hydrogen-bond donors (Lipinski definition) is 2. The molecule has 0 aliphatic carbocycles. The van der Waals surface area contributed by atoms with Crippen LogP contribution in [0.2, 0.25) is 0 Å². The van der Waals surface area contributed by atoms with E-state index in [0.29, 0.717) is 22.9 Å². The summed E-state index contributed by atoms with van der Waals surface area (Å²) in [5.74, 6) is 0.234. The Hall–Kier alpha value is -3.62. The third-order valence-corrected chi connectivity index (χ3v) is 3.90. The molecule has 4 rings (SSSR count). The molecule has 0 saturated heterocycles. The molecule has 1 aliphatic rings. The van der Waals surface area contributed by atoms with E-state index < -0.39 is 6.04 Å². The zero-order valence-corrected chi connectivity index (χ0v) is 13.3. The average Bonchev–Trinajstić information content (AvgIpc) is 3.10. The smallest absolute Gasteiger partial charge is 0.255 e. The number of nitrogens with one attached hydrogen (secondary N) is 2. The highest BCUT2D eigenvalue weighted by Crippen LogP contribution is 2.34. The standard InChI is InChI=1S/C16H14N8O/c1-10-13(15(25)20-12-3-2-6-18-9-12)14(11-4-7-17-8-5-11)24-16(19-10)21-22-23-24/h2-9,14H,1H3,(H,20,25)(H,19,21,23)/t14-/m0/s1. The van der Waals surface area contributed by atoms with Gasteiger partial charge in [-0.05, 0) is 47.2 Å². The van der Waals surface area contributed by atoms with E-state index in [1.165, 1.54) is 0 Å². The zero-order valence-electron chi connectivity index (χ0n) is 13.3. The Kier molecular flexibility index (Phi) is 3.65. The van der Waals surface area contributed by atoms with E-state index >= 15 is 0 Å². The zero-order chi connectivity index (χ0) is 17.2. The quantitative estimate of drug-likeness (QED) is 0.744. The average molecular weight is 334 g/mol. The lowest BCUT2D eigenvalue weighted by atomic mass is 9.96. The molecular formula is C16H14N8O. The number of tetrazole rings is 1. The van der Waals surface area contributed by atoms with E-state index in [0.717, 1.165) is 5.56 Å². The van der Waals surface area contributed by atoms with Gasteiger partial charge in [0, 0.05) is 24.3 Å². The molecule has 0 saturated carbocycles. The number of amides is 1. The Morgan fingerprint density at radius 2 is 2.04 bits per heavy atom. The van der Waals surface area contributed by atoms with E-state index in [-0.39, 0.29) is 5.91 Å². The third-order valence-electron chi connectivity index (χ3n) is 3.90. The van der Waals surface area contributed by atoms with Gasteiger partial charge in [0.2, 0.25) is 5.95 Å². The molecular weight excluding hydrogens is 320 g/mol. The number of nitrogens with zero attached hydrogens (tertiary/aromatic N) is 6. The number of hydrogen-bond acceptors (Lipinski definition) is 7. The highest BCUT2D eigenvalue weighted by molar-refractivity contribution is 6.05. The van der Waals surface area contributed by atoms with Crippen molar-refractivity contribution >= 4 is 17.5 Å². The topological polar surface area (TPSA) is 111 Å². The Morgan fingerprint density at radius 3 is 2.80 bits per heavy atom. The summed E-state index contributed by atoms with van der Waals surface area (Å²) in [6.45, 7) is 1.82. The van der Waals surface area contributed by atoms with Crippen molar-refractivity contribution in [3.63, 3.8) is 0 Å². The fourth-order valence-electron chi connectivity index (χ4n) is 2.80. The minimum absolute atomic E-state index is 0.249. The molecule has 1 atom stereocenters. The Balaban J connectivity index is 1.77. The van der Waals surface area contributed by atoms with Gasteiger partial charge in [-0.15, -0.1) is 0 Å². The number of carbonyl (C=O) groups excluding carboxylic acids is 1. The summed E-state index contributed by atoms with van der Waals surface area (Å²) in [5.41, 5.74) is 2.69. The van der Waals surface area contributed by atoms with E-state index in [1.54, 1.807) is 41.6 Å². The first-order valence-electron chi connectivity index (χ1n) is 7.61. The van der Waals surface area contributed by atoms with Crippen LogP contribution >= 0.6 is 0 Å². The van der Waals surface area contributed by atoms with Crippen molar-refractivity contribution in [1.29, 1.82) is 0 Å². The first-order chi connectivity index (χ1) is 12.2. The van der Waals surface area contributed by atoms with Gasteiger partial charge >= 0.3 is 0 Å². The number of fused-ring (bicyclic) bond motifs is 1. The summed E-state index contributed by atoms with van der Waals surface area (Å²) in [7, 11) is 0. The predicted octanol–water partition coefficient (Wildman–Crippen LogP) is 1.39. The number of pyridine rings is 2. The number of rotatable bonds is 3. The summed E-state index contributed by atoms with van der Waals surface area (Å²) in [5, 5.41) is 17.6. The first kappa shape index (κ1) is 14.9. The van der Waals surface area contributed by atoms with Gasteiger partial charge in [0.25, 0.3) is 5.91 Å². The number of carbonyl (C=O) groups is 1. The van der Waals surface area contributed by atoms with Gasteiger partial charge in [-0.2, -0.15) is 4.68 Å². The molecule has 9 nitrogen and oxygen atoms in total. The van der Waals surface area contributed by atoms with Gasteiger partial charge < -0.3 is 10.6 Å². The maximum atomic E-state index is 13.0. The Labute approximate surface area is 142 Å². The van der Waals surface area contributed by atoms with Gasteiger partial charge in [-0.1, -0.05) is 5.10 Å². The SMILES string of the molecule is CC1=C(C(=O)Nc2cccnc2)[C@H](c2ccncc2)n2nnnc2N1. The van der Waals surface area contributed by atoms with Crippen molar-refractivity contribution in [3.05, 3.63) is 65.9 Å². The lowest BCUT2D eigenvalue weighted by Crippen LogP contribution is -2.31. The van der Waals surface area contributed by atoms with Gasteiger partial charge in [0.1, 0.15) is 6.04 Å². The maximum Gasteiger partial charge on any atom is 0.255 e. The highest BCUT2D eigenvalue weighted by Gasteiger charge is 2.33. The van der Waals surface area contributed by atoms with Crippen molar-refractivity contribution in [2.75, 3.05) is 10.6 Å². The van der Waals surface area contributed by atoms with Crippen LogP contribution in [0.15, 0.2) is 60.3 Å². The fourth-order valence-corrected chi connectivity index (χ4v) is 2.80. The van der Waals surface area contributed by atoms with Gasteiger partial charge in [-0.3, -0.25) is 14.8 Å². The number of aromatic nitrogens is 6. The molecule has 3 aromatic rings. The van der Waals surface area contributed by atoms with Crippen LogP contribution in [-0.4, -0.2) is 36.1 Å². The summed E-state index contributed by atoms with van der Waals surface area (Å²) in [6, 6.07) is 6.76. The summed E-state index contributed by atoms with van der Waals surface area (Å²) in [4.78, 5) is 21.0. The van der Waals surface area contributed by atoms with E-state index in [1.807, 2.05) is 19.1 Å². The normalized spacial score (nSPS) is 16.1. The predicted molar refractivity (Wildman–Crippen MR) is 89.4 cm³/mol. The van der Waals surface area contributed by atoms with Crippen LogP contribution in [-0.2, 0) is 4.79 Å². The number of anilines is 2. The van der Waals surface area contributed by atoms with Crippen LogP contribution in [0, 0.1) is 0 Å². The van der Waals surface area contributed by atoms with Crippen LogP contribution in [0.5, 0.6) is 0 Å². The van der Waals surface area contributed by atoms with Crippen molar-refractivity contribution in [2.24, 2.45) is 0 Å². The second-order valence-electron chi connectivity index (χ2n) is 5.49. The third kappa shape index (κ3) is 2.71. The Bertz CT molecular complexity index is 935. The van der Waals surface area contributed by atoms with Crippen molar-refractivity contribution in [2.45, 2.75) is 13.0 Å². The molecule has 4 heterocycles. The molecule has 124 valence electrons. The van der Waals surface area contributed by atoms with Crippen LogP contribution in [0.1, 0.15) is 18.5 Å². The van der Waals surface area contributed by atoms with E-state index in [2.05, 4.69) is 36.1 Å². The second kappa shape index (κ2) is 6.11. The molecule has 9 heteroatoms. The molecule has 3 aromatic heterocycles. The van der Waals surface area contributed by atoms with Crippen molar-refractivity contribution in [3.8, 4) is 0 Å². The molecule has 0 radical (unpaired) electrons. The van der Waals surface area contributed by atoms with Crippen LogP contribution in [0.4, 0.5) is 11.6 Å². The van der Waals surface area contributed by atoms with Gasteiger partial charge in [0.15, 0.2) is 0 Å². The lowest BCUT2D eigenvalue weighted by Gasteiger charge is -2.27. The molecule has 2 N–H and O–H groups in total. The van der Waals surface area contributed by atoms with Crippen LogP contribution in [0.25, 0.3) is 0 Å². The molecule has 0 aromatic carbocycles. The molecule has 0 spiro atoms. The molecule has 1 amide bonds. The van der Waals surface area contributed by atoms with Gasteiger partial charge in [-0.25, -0.2) is 0 Å². The summed E-state index contributed by atoms with van der Waals surface area (Å²) >= 11 is 0. The second-order valence-corrected chi connectivity index (χ2v) is 5.49. The van der Waals surface area contributed by atoms with E-state index in [9.17, 15) is 4.79 Å². The molecule has 25 heavy (non-hydrogen) atoms. The van der Waals surface area contributed by atoms with Gasteiger partial charge in [0.05, 0.1) is 17.5 Å². The summed E-state index contributed by atoms with van der Waals surface area (Å²) in [6.07, 6.45) is 6.59. The monoisotopic (exact) mass is 334 g/mol. The minimum Gasteiger partial charge on any atom is -0.326 e. The molecule has 1 aliphatic heterocycles. The molecule has 0 fully saturated rings.